The van der Waals surface area contributed by atoms with Gasteiger partial charge in [0, 0.05) is 29.6 Å². The number of nitrogens with zero attached hydrogens (tertiary/aromatic N) is 2. The molecular weight excluding hydrogens is 294 g/mol. The van der Waals surface area contributed by atoms with Crippen LogP contribution in [0.4, 0.5) is 0 Å². The van der Waals surface area contributed by atoms with E-state index in [9.17, 15) is 9.90 Å². The van der Waals surface area contributed by atoms with Crippen LogP contribution < -0.4 is 5.32 Å². The van der Waals surface area contributed by atoms with Crippen molar-refractivity contribution in [1.82, 2.24) is 15.0 Å². The molecule has 0 aliphatic rings. The first-order chi connectivity index (χ1) is 10.8. The molecule has 1 unspecified atom stereocenters. The molecule has 2 N–H and O–H groups in total. The third-order valence-electron chi connectivity index (χ3n) is 4.38. The largest absolute Gasteiger partial charge is 0.396 e. The summed E-state index contributed by atoms with van der Waals surface area (Å²) >= 11 is 0. The molecule has 0 spiro atoms. The Kier molecular flexibility index (Phi) is 4.94. The van der Waals surface area contributed by atoms with E-state index in [1.54, 1.807) is 0 Å². The molecule has 2 aromatic rings. The molecule has 0 saturated heterocycles. The predicted octanol–water partition coefficient (Wildman–Crippen LogP) is 2.67. The van der Waals surface area contributed by atoms with Gasteiger partial charge in [0.15, 0.2) is 5.82 Å². The van der Waals surface area contributed by atoms with Gasteiger partial charge in [-0.1, -0.05) is 12.1 Å². The summed E-state index contributed by atoms with van der Waals surface area (Å²) in [6, 6.07) is 3.69. The molecule has 126 valence electrons. The summed E-state index contributed by atoms with van der Waals surface area (Å²) in [6.07, 6.45) is 1.27. The normalized spacial score (nSPS) is 13.8. The fraction of sp³-hybridized carbons (Fsp3) is 0.529. The molecule has 0 bridgehead atoms. The second-order valence-corrected chi connectivity index (χ2v) is 6.26. The van der Waals surface area contributed by atoms with Crippen LogP contribution in [-0.4, -0.2) is 32.9 Å². The van der Waals surface area contributed by atoms with Crippen molar-refractivity contribution in [3.05, 3.63) is 34.8 Å². The van der Waals surface area contributed by atoms with Crippen molar-refractivity contribution in [2.24, 2.45) is 0 Å². The fourth-order valence-corrected chi connectivity index (χ4v) is 2.72. The van der Waals surface area contributed by atoms with Crippen molar-refractivity contribution in [3.8, 4) is 5.82 Å². The molecule has 6 nitrogen and oxygen atoms in total. The topological polar surface area (TPSA) is 80.3 Å². The highest BCUT2D eigenvalue weighted by Crippen LogP contribution is 2.22. The van der Waals surface area contributed by atoms with Crippen molar-refractivity contribution >= 4 is 5.91 Å². The van der Waals surface area contributed by atoms with E-state index in [1.807, 2.05) is 51.3 Å². The Morgan fingerprint density at radius 3 is 2.61 bits per heavy atom. The summed E-state index contributed by atoms with van der Waals surface area (Å²) in [4.78, 5) is 12.7. The van der Waals surface area contributed by atoms with Gasteiger partial charge in [-0.15, -0.1) is 0 Å². The van der Waals surface area contributed by atoms with Crippen LogP contribution >= 0.6 is 0 Å². The zero-order valence-corrected chi connectivity index (χ0v) is 14.4. The maximum Gasteiger partial charge on any atom is 0.253 e. The summed E-state index contributed by atoms with van der Waals surface area (Å²) in [5, 5.41) is 16.3. The first-order valence-corrected chi connectivity index (χ1v) is 7.87. The van der Waals surface area contributed by atoms with Gasteiger partial charge < -0.3 is 14.9 Å². The Morgan fingerprint density at radius 1 is 1.39 bits per heavy atom. The van der Waals surface area contributed by atoms with Gasteiger partial charge in [-0.05, 0) is 46.6 Å². The van der Waals surface area contributed by atoms with E-state index in [2.05, 4.69) is 10.5 Å². The lowest BCUT2D eigenvalue weighted by Gasteiger charge is -2.29. The average molecular weight is 319 g/mol. The highest BCUT2D eigenvalue weighted by atomic mass is 16.5. The molecule has 0 aliphatic carbocycles. The van der Waals surface area contributed by atoms with Crippen LogP contribution in [0.25, 0.3) is 5.82 Å². The van der Waals surface area contributed by atoms with Crippen molar-refractivity contribution in [2.45, 2.75) is 53.0 Å². The number of aliphatic hydroxyl groups excluding tert-OH is 1. The lowest BCUT2D eigenvalue weighted by atomic mass is 9.94. The Morgan fingerprint density at radius 2 is 2.09 bits per heavy atom. The summed E-state index contributed by atoms with van der Waals surface area (Å²) in [6.45, 7) is 9.64. The number of aliphatic hydroxyl groups is 1. The summed E-state index contributed by atoms with van der Waals surface area (Å²) < 4.78 is 7.03. The summed E-state index contributed by atoms with van der Waals surface area (Å²) in [5.41, 5.74) is 1.93. The number of carbonyl (C=O) groups is 1. The van der Waals surface area contributed by atoms with Gasteiger partial charge >= 0.3 is 0 Å². The molecule has 6 heteroatoms. The third kappa shape index (κ3) is 3.47. The first-order valence-electron chi connectivity index (χ1n) is 7.87. The number of nitrogens with one attached hydrogen (secondary N) is 1. The van der Waals surface area contributed by atoms with Crippen LogP contribution in [0.15, 0.2) is 16.7 Å². The maximum atomic E-state index is 12.7. The average Bonchev–Trinajstić information content (AvgIpc) is 3.02. The lowest BCUT2D eigenvalue weighted by molar-refractivity contribution is 0.0885. The molecule has 2 rings (SSSR count). The van der Waals surface area contributed by atoms with Crippen molar-refractivity contribution < 1.29 is 14.4 Å². The Balaban J connectivity index is 2.32. The standard InChI is InChI=1S/C17H25N3O3/c1-6-17(5,7-8-21)18-16(22)14-9-11(2)20(13(14)4)15-10-12(3)23-19-15/h9-10,21H,6-8H2,1-5H3,(H,18,22). The Hall–Kier alpha value is -2.08. The van der Waals surface area contributed by atoms with E-state index in [-0.39, 0.29) is 12.5 Å². The van der Waals surface area contributed by atoms with E-state index in [1.165, 1.54) is 0 Å². The molecule has 0 radical (unpaired) electrons. The second-order valence-electron chi connectivity index (χ2n) is 6.26. The highest BCUT2D eigenvalue weighted by molar-refractivity contribution is 5.96. The van der Waals surface area contributed by atoms with Crippen LogP contribution in [0.3, 0.4) is 0 Å². The molecule has 0 saturated carbocycles. The Labute approximate surface area is 136 Å². The number of carbonyl (C=O) groups excluding carboxylic acids is 1. The van der Waals surface area contributed by atoms with Crippen LogP contribution in [0, 0.1) is 20.8 Å². The van der Waals surface area contributed by atoms with Gasteiger partial charge in [-0.3, -0.25) is 9.36 Å². The van der Waals surface area contributed by atoms with Gasteiger partial charge in [-0.2, -0.15) is 0 Å². The smallest absolute Gasteiger partial charge is 0.253 e. The number of rotatable bonds is 6. The van der Waals surface area contributed by atoms with Gasteiger partial charge in [-0.25, -0.2) is 0 Å². The molecule has 2 heterocycles. The van der Waals surface area contributed by atoms with Gasteiger partial charge in [0.1, 0.15) is 5.76 Å². The van der Waals surface area contributed by atoms with Crippen LogP contribution in [0.2, 0.25) is 0 Å². The SMILES string of the molecule is CCC(C)(CCO)NC(=O)c1cc(C)n(-c2cc(C)on2)c1C. The maximum absolute atomic E-state index is 12.7. The van der Waals surface area contributed by atoms with E-state index in [4.69, 9.17) is 4.52 Å². The predicted molar refractivity (Wildman–Crippen MR) is 87.9 cm³/mol. The van der Waals surface area contributed by atoms with Crippen LogP contribution in [-0.2, 0) is 0 Å². The second kappa shape index (κ2) is 6.58. The number of hydrogen-bond donors (Lipinski definition) is 2. The molecule has 0 aliphatic heterocycles. The monoisotopic (exact) mass is 319 g/mol. The van der Waals surface area contributed by atoms with E-state index >= 15 is 0 Å². The zero-order valence-electron chi connectivity index (χ0n) is 14.4. The van der Waals surface area contributed by atoms with Gasteiger partial charge in [0.25, 0.3) is 5.91 Å². The molecule has 1 amide bonds. The molecule has 1 atom stereocenters. The molecule has 0 fully saturated rings. The minimum atomic E-state index is -0.418. The third-order valence-corrected chi connectivity index (χ3v) is 4.38. The van der Waals surface area contributed by atoms with E-state index in [0.717, 1.165) is 23.6 Å². The van der Waals surface area contributed by atoms with Gasteiger partial charge in [0.2, 0.25) is 0 Å². The number of amides is 1. The van der Waals surface area contributed by atoms with Crippen LogP contribution in [0.5, 0.6) is 0 Å². The number of aromatic nitrogens is 2. The molecule has 23 heavy (non-hydrogen) atoms. The highest BCUT2D eigenvalue weighted by Gasteiger charge is 2.26. The zero-order chi connectivity index (χ0) is 17.2. The Bertz CT molecular complexity index is 702. The quantitative estimate of drug-likeness (QED) is 0.858. The van der Waals surface area contributed by atoms with Crippen molar-refractivity contribution in [1.29, 1.82) is 0 Å². The van der Waals surface area contributed by atoms with E-state index < -0.39 is 5.54 Å². The van der Waals surface area contributed by atoms with Crippen molar-refractivity contribution in [3.63, 3.8) is 0 Å². The first kappa shape index (κ1) is 17.3. The fourth-order valence-electron chi connectivity index (χ4n) is 2.72. The molecular formula is C17H25N3O3. The van der Waals surface area contributed by atoms with Crippen molar-refractivity contribution in [2.75, 3.05) is 6.61 Å². The summed E-state index contributed by atoms with van der Waals surface area (Å²) in [7, 11) is 0. The number of hydrogen-bond acceptors (Lipinski definition) is 4. The van der Waals surface area contributed by atoms with Gasteiger partial charge in [0.05, 0.1) is 5.56 Å². The van der Waals surface area contributed by atoms with Crippen LogP contribution in [0.1, 0.15) is 54.2 Å². The minimum absolute atomic E-state index is 0.0435. The number of aryl methyl sites for hydroxylation is 2. The lowest BCUT2D eigenvalue weighted by Crippen LogP contribution is -2.46. The molecule has 0 aromatic carbocycles. The summed E-state index contributed by atoms with van der Waals surface area (Å²) in [5.74, 6) is 1.26. The van der Waals surface area contributed by atoms with E-state index in [0.29, 0.717) is 17.8 Å². The minimum Gasteiger partial charge on any atom is -0.396 e. The molecule has 2 aromatic heterocycles.